The normalized spacial score (nSPS) is 16.7. The lowest BCUT2D eigenvalue weighted by atomic mass is 9.89. The molecule has 0 bridgehead atoms. The van der Waals surface area contributed by atoms with Crippen LogP contribution in [0.1, 0.15) is 23.8 Å². The second-order valence-corrected chi connectivity index (χ2v) is 9.55. The van der Waals surface area contributed by atoms with Crippen LogP contribution in [0.2, 0.25) is 0 Å². The number of carbonyl (C=O) groups is 1. The van der Waals surface area contributed by atoms with Crippen LogP contribution >= 0.6 is 34.4 Å². The van der Waals surface area contributed by atoms with Gasteiger partial charge >= 0.3 is 0 Å². The van der Waals surface area contributed by atoms with Crippen LogP contribution in [0, 0.1) is 5.92 Å². The summed E-state index contributed by atoms with van der Waals surface area (Å²) in [5.41, 5.74) is 2.23. The van der Waals surface area contributed by atoms with Crippen LogP contribution in [0.25, 0.3) is 15.9 Å². The lowest BCUT2D eigenvalue weighted by Crippen LogP contribution is -2.14. The maximum Gasteiger partial charge on any atom is 0.236 e. The highest BCUT2D eigenvalue weighted by Crippen LogP contribution is 2.39. The molecule has 0 aromatic carbocycles. The average Bonchev–Trinajstić information content (AvgIpc) is 3.37. The standard InChI is InChI=1S/C17H16N6OS3/c1-9-2-3-10-11(6-9)27-15-13(10)14-21-22-17(23(14)8-19-15)26-7-12(24)20-16-18-4-5-25-16/h4-5,8-9H,2-3,6-7H2,1H3,(H,18,20,24)/t9-/m1/s1. The topological polar surface area (TPSA) is 85.1 Å². The second-order valence-electron chi connectivity index (χ2n) is 6.63. The Bertz CT molecular complexity index is 1130. The van der Waals surface area contributed by atoms with Gasteiger partial charge in [0.05, 0.1) is 11.1 Å². The van der Waals surface area contributed by atoms with Crippen LogP contribution in [0.15, 0.2) is 23.1 Å². The quantitative estimate of drug-likeness (QED) is 0.511. The van der Waals surface area contributed by atoms with Crippen molar-refractivity contribution < 1.29 is 4.79 Å². The summed E-state index contributed by atoms with van der Waals surface area (Å²) in [4.78, 5) is 23.3. The van der Waals surface area contributed by atoms with Gasteiger partial charge in [-0.3, -0.25) is 9.20 Å². The number of carbonyl (C=O) groups excluding carboxylic acids is 1. The molecule has 1 N–H and O–H groups in total. The van der Waals surface area contributed by atoms with E-state index in [4.69, 9.17) is 0 Å². The van der Waals surface area contributed by atoms with Gasteiger partial charge in [-0.15, -0.1) is 32.9 Å². The molecule has 10 heteroatoms. The molecule has 0 unspecified atom stereocenters. The predicted octanol–water partition coefficient (Wildman–Crippen LogP) is 3.65. The van der Waals surface area contributed by atoms with Gasteiger partial charge in [0.2, 0.25) is 5.91 Å². The van der Waals surface area contributed by atoms with Gasteiger partial charge in [-0.05, 0) is 30.7 Å². The van der Waals surface area contributed by atoms with Crippen LogP contribution in [0.3, 0.4) is 0 Å². The van der Waals surface area contributed by atoms with Crippen molar-refractivity contribution in [1.29, 1.82) is 0 Å². The molecule has 1 aliphatic carbocycles. The lowest BCUT2D eigenvalue weighted by molar-refractivity contribution is -0.113. The lowest BCUT2D eigenvalue weighted by Gasteiger charge is -2.17. The van der Waals surface area contributed by atoms with Crippen LogP contribution in [0.4, 0.5) is 5.13 Å². The molecule has 0 aliphatic heterocycles. The summed E-state index contributed by atoms with van der Waals surface area (Å²) < 4.78 is 1.90. The second kappa shape index (κ2) is 6.84. The number of hydrogen-bond donors (Lipinski definition) is 1. The van der Waals surface area contributed by atoms with Crippen molar-refractivity contribution >= 4 is 61.3 Å². The molecule has 7 nitrogen and oxygen atoms in total. The third-order valence-corrected chi connectivity index (χ3v) is 7.48. The number of thiophene rings is 1. The van der Waals surface area contributed by atoms with E-state index in [1.54, 1.807) is 23.9 Å². The molecule has 1 amide bonds. The summed E-state index contributed by atoms with van der Waals surface area (Å²) in [6.07, 6.45) is 6.83. The van der Waals surface area contributed by atoms with Crippen molar-refractivity contribution in [3.8, 4) is 0 Å². The first-order valence-corrected chi connectivity index (χ1v) is 11.3. The first-order valence-electron chi connectivity index (χ1n) is 8.65. The van der Waals surface area contributed by atoms with Crippen LogP contribution in [0.5, 0.6) is 0 Å². The molecule has 0 radical (unpaired) electrons. The third kappa shape index (κ3) is 3.11. The first-order chi connectivity index (χ1) is 13.2. The fourth-order valence-electron chi connectivity index (χ4n) is 3.39. The number of nitrogens with zero attached hydrogens (tertiary/aromatic N) is 5. The van der Waals surface area contributed by atoms with Crippen molar-refractivity contribution in [2.24, 2.45) is 5.92 Å². The van der Waals surface area contributed by atoms with Crippen LogP contribution < -0.4 is 5.32 Å². The van der Waals surface area contributed by atoms with Crippen molar-refractivity contribution in [2.45, 2.75) is 31.3 Å². The average molecular weight is 417 g/mol. The summed E-state index contributed by atoms with van der Waals surface area (Å²) in [5.74, 6) is 0.863. The summed E-state index contributed by atoms with van der Waals surface area (Å²) in [6, 6.07) is 0. The number of aromatic nitrogens is 5. The number of thioether (sulfide) groups is 1. The van der Waals surface area contributed by atoms with E-state index in [2.05, 4.69) is 32.4 Å². The molecule has 5 rings (SSSR count). The van der Waals surface area contributed by atoms with Crippen LogP contribution in [-0.4, -0.2) is 36.2 Å². The largest absolute Gasteiger partial charge is 0.301 e. The number of hydrogen-bond acceptors (Lipinski definition) is 8. The van der Waals surface area contributed by atoms with Crippen molar-refractivity contribution in [3.63, 3.8) is 0 Å². The van der Waals surface area contributed by atoms with Gasteiger partial charge in [0.15, 0.2) is 15.9 Å². The Morgan fingerprint density at radius 1 is 1.41 bits per heavy atom. The van der Waals surface area contributed by atoms with Gasteiger partial charge in [-0.1, -0.05) is 18.7 Å². The minimum Gasteiger partial charge on any atom is -0.301 e. The molecule has 1 aliphatic rings. The Hall–Kier alpha value is -2.04. The molecule has 4 aromatic rings. The zero-order valence-corrected chi connectivity index (χ0v) is 17.0. The number of nitrogens with one attached hydrogen (secondary N) is 1. The van der Waals surface area contributed by atoms with Gasteiger partial charge < -0.3 is 5.32 Å². The molecule has 27 heavy (non-hydrogen) atoms. The zero-order chi connectivity index (χ0) is 18.4. The molecule has 4 heterocycles. The fraction of sp³-hybridized carbons (Fsp3) is 0.353. The Kier molecular flexibility index (Phi) is 4.33. The molecular weight excluding hydrogens is 400 g/mol. The third-order valence-electron chi connectivity index (χ3n) is 4.68. The van der Waals surface area contributed by atoms with E-state index < -0.39 is 0 Å². The molecule has 138 valence electrons. The Morgan fingerprint density at radius 2 is 2.33 bits per heavy atom. The van der Waals surface area contributed by atoms with E-state index in [9.17, 15) is 4.79 Å². The van der Waals surface area contributed by atoms with Gasteiger partial charge in [0.1, 0.15) is 11.2 Å². The number of aryl methyl sites for hydroxylation is 1. The molecule has 0 spiro atoms. The smallest absolute Gasteiger partial charge is 0.236 e. The van der Waals surface area contributed by atoms with Gasteiger partial charge in [0.25, 0.3) is 0 Å². The number of fused-ring (bicyclic) bond motifs is 5. The van der Waals surface area contributed by atoms with E-state index >= 15 is 0 Å². The summed E-state index contributed by atoms with van der Waals surface area (Å²) in [6.45, 7) is 2.30. The summed E-state index contributed by atoms with van der Waals surface area (Å²) >= 11 is 4.53. The molecular formula is C17H16N6OS3. The SMILES string of the molecule is C[C@@H]1CCc2c(sc3ncn4c(SCC(=O)Nc5nccs5)nnc4c23)C1. The Labute approximate surface area is 167 Å². The van der Waals surface area contributed by atoms with Gasteiger partial charge in [-0.25, -0.2) is 9.97 Å². The molecule has 0 saturated carbocycles. The molecule has 0 fully saturated rings. The number of rotatable bonds is 4. The number of anilines is 1. The molecule has 4 aromatic heterocycles. The Balaban J connectivity index is 1.43. The highest BCUT2D eigenvalue weighted by molar-refractivity contribution is 7.99. The van der Waals surface area contributed by atoms with E-state index in [1.807, 2.05) is 9.78 Å². The maximum atomic E-state index is 12.1. The van der Waals surface area contributed by atoms with Crippen molar-refractivity contribution in [1.82, 2.24) is 24.6 Å². The first kappa shape index (κ1) is 17.1. The highest BCUT2D eigenvalue weighted by Gasteiger charge is 2.24. The van der Waals surface area contributed by atoms with Crippen molar-refractivity contribution in [3.05, 3.63) is 28.3 Å². The fourth-order valence-corrected chi connectivity index (χ4v) is 5.98. The molecule has 0 saturated heterocycles. The van der Waals surface area contributed by atoms with Crippen LogP contribution in [-0.2, 0) is 17.6 Å². The van der Waals surface area contributed by atoms with E-state index in [1.165, 1.54) is 40.0 Å². The summed E-state index contributed by atoms with van der Waals surface area (Å²) in [5, 5.41) is 15.7. The molecule has 1 atom stereocenters. The number of amides is 1. The predicted molar refractivity (Wildman–Crippen MR) is 109 cm³/mol. The van der Waals surface area contributed by atoms with Gasteiger partial charge in [-0.2, -0.15) is 0 Å². The van der Waals surface area contributed by atoms with E-state index in [-0.39, 0.29) is 11.7 Å². The minimum atomic E-state index is -0.109. The number of thiazole rings is 1. The highest BCUT2D eigenvalue weighted by atomic mass is 32.2. The Morgan fingerprint density at radius 3 is 3.19 bits per heavy atom. The summed E-state index contributed by atoms with van der Waals surface area (Å²) in [7, 11) is 0. The monoisotopic (exact) mass is 416 g/mol. The minimum absolute atomic E-state index is 0.109. The van der Waals surface area contributed by atoms with E-state index in [0.717, 1.165) is 34.6 Å². The van der Waals surface area contributed by atoms with E-state index in [0.29, 0.717) is 10.3 Å². The van der Waals surface area contributed by atoms with Gasteiger partial charge in [0, 0.05) is 16.5 Å². The zero-order valence-electron chi connectivity index (χ0n) is 14.5. The maximum absolute atomic E-state index is 12.1. The van der Waals surface area contributed by atoms with Crippen molar-refractivity contribution in [2.75, 3.05) is 11.1 Å².